The molecule has 2 atom stereocenters. The predicted octanol–water partition coefficient (Wildman–Crippen LogP) is 1.24. The zero-order valence-corrected chi connectivity index (χ0v) is 12.7. The summed E-state index contributed by atoms with van der Waals surface area (Å²) in [5.74, 6) is -0.334. The fourth-order valence-corrected chi connectivity index (χ4v) is 3.42. The third kappa shape index (κ3) is 2.70. The first kappa shape index (κ1) is 15.0. The highest BCUT2D eigenvalue weighted by Crippen LogP contribution is 2.26. The van der Waals surface area contributed by atoms with Crippen molar-refractivity contribution in [3.8, 4) is 0 Å². The zero-order valence-electron chi connectivity index (χ0n) is 12.7. The second-order valence-corrected chi connectivity index (χ2v) is 6.08. The number of nitro groups is 1. The van der Waals surface area contributed by atoms with Gasteiger partial charge in [0.1, 0.15) is 5.69 Å². The third-order valence-corrected chi connectivity index (χ3v) is 4.51. The summed E-state index contributed by atoms with van der Waals surface area (Å²) in [6.45, 7) is 3.16. The molecule has 2 saturated heterocycles. The van der Waals surface area contributed by atoms with Gasteiger partial charge < -0.3 is 10.2 Å². The van der Waals surface area contributed by atoms with E-state index in [1.165, 1.54) is 0 Å². The van der Waals surface area contributed by atoms with Crippen molar-refractivity contribution in [2.75, 3.05) is 13.1 Å². The van der Waals surface area contributed by atoms with E-state index in [0.717, 1.165) is 25.7 Å². The van der Waals surface area contributed by atoms with Crippen LogP contribution in [0.5, 0.6) is 0 Å². The van der Waals surface area contributed by atoms with E-state index in [1.54, 1.807) is 4.90 Å². The summed E-state index contributed by atoms with van der Waals surface area (Å²) in [5.41, 5.74) is 0.228. The number of aromatic nitrogens is 2. The standard InChI is InChI=1S/C14H21N5O3/c1-2-3-11-13(19(21)22)12(17-16-11)14(20)18-7-6-9-4-5-10(8-18)15-9/h9-10,15H,2-8H2,1H3,(H,16,17). The molecule has 1 amide bonds. The van der Waals surface area contributed by atoms with Gasteiger partial charge in [0.15, 0.2) is 0 Å². The van der Waals surface area contributed by atoms with E-state index in [4.69, 9.17) is 0 Å². The van der Waals surface area contributed by atoms with E-state index < -0.39 is 4.92 Å². The molecule has 8 heteroatoms. The highest BCUT2D eigenvalue weighted by atomic mass is 16.6. The summed E-state index contributed by atoms with van der Waals surface area (Å²) >= 11 is 0. The number of rotatable bonds is 4. The highest BCUT2D eigenvalue weighted by molar-refractivity contribution is 5.96. The Hall–Kier alpha value is -1.96. The molecule has 8 nitrogen and oxygen atoms in total. The maximum atomic E-state index is 12.7. The van der Waals surface area contributed by atoms with E-state index in [-0.39, 0.29) is 17.3 Å². The maximum Gasteiger partial charge on any atom is 0.322 e. The Bertz CT molecular complexity index is 585. The Balaban J connectivity index is 1.84. The number of fused-ring (bicyclic) bond motifs is 2. The number of hydrogen-bond acceptors (Lipinski definition) is 5. The van der Waals surface area contributed by atoms with Crippen LogP contribution >= 0.6 is 0 Å². The lowest BCUT2D eigenvalue weighted by molar-refractivity contribution is -0.385. The Kier molecular flexibility index (Phi) is 4.10. The predicted molar refractivity (Wildman–Crippen MR) is 79.7 cm³/mol. The molecule has 0 saturated carbocycles. The second-order valence-electron chi connectivity index (χ2n) is 6.08. The fourth-order valence-electron chi connectivity index (χ4n) is 3.42. The molecular formula is C14H21N5O3. The van der Waals surface area contributed by atoms with Gasteiger partial charge in [-0.3, -0.25) is 20.0 Å². The summed E-state index contributed by atoms with van der Waals surface area (Å²) < 4.78 is 0. The molecule has 2 bridgehead atoms. The van der Waals surface area contributed by atoms with Crippen LogP contribution in [0, 0.1) is 10.1 Å². The lowest BCUT2D eigenvalue weighted by atomic mass is 10.1. The number of carbonyl (C=O) groups excluding carboxylic acids is 1. The van der Waals surface area contributed by atoms with Crippen LogP contribution in [0.2, 0.25) is 0 Å². The molecule has 0 radical (unpaired) electrons. The third-order valence-electron chi connectivity index (χ3n) is 4.51. The number of nitrogens with one attached hydrogen (secondary N) is 2. The van der Waals surface area contributed by atoms with E-state index in [2.05, 4.69) is 15.5 Å². The van der Waals surface area contributed by atoms with Gasteiger partial charge in [0.25, 0.3) is 5.91 Å². The lowest BCUT2D eigenvalue weighted by Gasteiger charge is -2.23. The second kappa shape index (κ2) is 6.04. The smallest absolute Gasteiger partial charge is 0.322 e. The molecule has 1 aromatic heterocycles. The van der Waals surface area contributed by atoms with Gasteiger partial charge in [-0.15, -0.1) is 0 Å². The number of aromatic amines is 1. The molecule has 3 rings (SSSR count). The van der Waals surface area contributed by atoms with E-state index in [0.29, 0.717) is 37.3 Å². The molecule has 0 aliphatic carbocycles. The molecule has 3 heterocycles. The van der Waals surface area contributed by atoms with Crippen LogP contribution in [-0.4, -0.2) is 51.1 Å². The first-order valence-electron chi connectivity index (χ1n) is 7.87. The Labute approximate surface area is 128 Å². The van der Waals surface area contributed by atoms with Gasteiger partial charge in [-0.1, -0.05) is 13.3 Å². The van der Waals surface area contributed by atoms with Crippen LogP contribution in [-0.2, 0) is 6.42 Å². The number of likely N-dealkylation sites (tertiary alicyclic amines) is 1. The monoisotopic (exact) mass is 307 g/mol. The quantitative estimate of drug-likeness (QED) is 0.643. The molecule has 22 heavy (non-hydrogen) atoms. The molecule has 0 aromatic carbocycles. The molecule has 1 aromatic rings. The van der Waals surface area contributed by atoms with Gasteiger partial charge in [0.2, 0.25) is 5.69 Å². The van der Waals surface area contributed by atoms with Crippen molar-refractivity contribution in [2.24, 2.45) is 0 Å². The van der Waals surface area contributed by atoms with E-state index in [9.17, 15) is 14.9 Å². The van der Waals surface area contributed by atoms with Crippen LogP contribution in [0.1, 0.15) is 48.8 Å². The molecule has 2 N–H and O–H groups in total. The largest absolute Gasteiger partial charge is 0.335 e. The number of carbonyl (C=O) groups is 1. The minimum atomic E-state index is -0.496. The van der Waals surface area contributed by atoms with Crippen molar-refractivity contribution in [3.05, 3.63) is 21.5 Å². The maximum absolute atomic E-state index is 12.7. The van der Waals surface area contributed by atoms with Gasteiger partial charge in [-0.05, 0) is 25.7 Å². The number of nitrogens with zero attached hydrogens (tertiary/aromatic N) is 3. The molecule has 120 valence electrons. The minimum absolute atomic E-state index is 0.0498. The highest BCUT2D eigenvalue weighted by Gasteiger charge is 2.36. The molecule has 2 aliphatic rings. The molecule has 2 aliphatic heterocycles. The number of hydrogen-bond donors (Lipinski definition) is 2. The molecule has 2 fully saturated rings. The van der Waals surface area contributed by atoms with Gasteiger partial charge in [0.05, 0.1) is 4.92 Å². The summed E-state index contributed by atoms with van der Waals surface area (Å²) in [7, 11) is 0. The summed E-state index contributed by atoms with van der Waals surface area (Å²) in [6, 6.07) is 0.761. The number of H-pyrrole nitrogens is 1. The summed E-state index contributed by atoms with van der Waals surface area (Å²) in [5, 5.41) is 21.4. The Morgan fingerprint density at radius 3 is 2.91 bits per heavy atom. The van der Waals surface area contributed by atoms with E-state index >= 15 is 0 Å². The van der Waals surface area contributed by atoms with Crippen molar-refractivity contribution in [1.82, 2.24) is 20.4 Å². The van der Waals surface area contributed by atoms with Crippen LogP contribution in [0.15, 0.2) is 0 Å². The molecule has 0 spiro atoms. The normalized spacial score (nSPS) is 24.3. The van der Waals surface area contributed by atoms with Gasteiger partial charge in [-0.25, -0.2) is 0 Å². The van der Waals surface area contributed by atoms with Crippen molar-refractivity contribution >= 4 is 11.6 Å². The van der Waals surface area contributed by atoms with Crippen molar-refractivity contribution in [3.63, 3.8) is 0 Å². The zero-order chi connectivity index (χ0) is 15.7. The minimum Gasteiger partial charge on any atom is -0.335 e. The number of amides is 1. The molecule has 2 unspecified atom stereocenters. The lowest BCUT2D eigenvalue weighted by Crippen LogP contribution is -2.39. The van der Waals surface area contributed by atoms with Crippen molar-refractivity contribution in [1.29, 1.82) is 0 Å². The summed E-state index contributed by atoms with van der Waals surface area (Å²) in [6.07, 6.45) is 4.37. The average molecular weight is 307 g/mol. The van der Waals surface area contributed by atoms with Gasteiger partial charge in [0, 0.05) is 25.2 Å². The van der Waals surface area contributed by atoms with Gasteiger partial charge in [-0.2, -0.15) is 5.10 Å². The first-order chi connectivity index (χ1) is 10.6. The summed E-state index contributed by atoms with van der Waals surface area (Å²) in [4.78, 5) is 25.2. The fraction of sp³-hybridized carbons (Fsp3) is 0.714. The van der Waals surface area contributed by atoms with Crippen LogP contribution in [0.25, 0.3) is 0 Å². The van der Waals surface area contributed by atoms with Crippen molar-refractivity contribution in [2.45, 2.75) is 51.1 Å². The van der Waals surface area contributed by atoms with Crippen LogP contribution in [0.4, 0.5) is 5.69 Å². The average Bonchev–Trinajstić information content (AvgIpc) is 3.02. The SMILES string of the molecule is CCCc1[nH]nc(C(=O)N2CCC3CCC(C2)N3)c1[N+](=O)[O-]. The Morgan fingerprint density at radius 2 is 2.18 bits per heavy atom. The van der Waals surface area contributed by atoms with Gasteiger partial charge >= 0.3 is 5.69 Å². The van der Waals surface area contributed by atoms with E-state index in [1.807, 2.05) is 6.92 Å². The first-order valence-corrected chi connectivity index (χ1v) is 7.87. The Morgan fingerprint density at radius 1 is 1.41 bits per heavy atom. The number of aryl methyl sites for hydroxylation is 1. The van der Waals surface area contributed by atoms with Crippen molar-refractivity contribution < 1.29 is 9.72 Å². The molecular weight excluding hydrogens is 286 g/mol. The topological polar surface area (TPSA) is 104 Å². The van der Waals surface area contributed by atoms with Crippen LogP contribution in [0.3, 0.4) is 0 Å². The van der Waals surface area contributed by atoms with Crippen LogP contribution < -0.4 is 5.32 Å².